The molecule has 1 saturated heterocycles. The lowest BCUT2D eigenvalue weighted by molar-refractivity contribution is -0.123. The standard InChI is InChI=1S/C21H19NO2/c23-20-18-14-11-16(13-7-3-1-4-8-13)17(12-14)19(18)21(24)22(20)15-9-5-2-6-10-15/h1-10,14,16-19H,11-12H2. The van der Waals surface area contributed by atoms with Gasteiger partial charge in [0.1, 0.15) is 0 Å². The molecule has 3 aliphatic rings. The summed E-state index contributed by atoms with van der Waals surface area (Å²) < 4.78 is 0. The molecule has 2 aromatic carbocycles. The fourth-order valence-electron chi connectivity index (χ4n) is 5.37. The van der Waals surface area contributed by atoms with Crippen LogP contribution in [0, 0.1) is 23.7 Å². The Hall–Kier alpha value is -2.42. The molecule has 2 saturated carbocycles. The number of carbonyl (C=O) groups excluding carboxylic acids is 2. The smallest absolute Gasteiger partial charge is 0.237 e. The fraction of sp³-hybridized carbons (Fsp3) is 0.333. The maximum atomic E-state index is 13.1. The second-order valence-electron chi connectivity index (χ2n) is 7.31. The summed E-state index contributed by atoms with van der Waals surface area (Å²) in [6, 6.07) is 19.9. The van der Waals surface area contributed by atoms with Gasteiger partial charge in [0.2, 0.25) is 11.8 Å². The van der Waals surface area contributed by atoms with Gasteiger partial charge in [-0.05, 0) is 48.3 Å². The van der Waals surface area contributed by atoms with Crippen molar-refractivity contribution in [3.05, 3.63) is 66.2 Å². The molecule has 2 aromatic rings. The molecule has 2 amide bonds. The Labute approximate surface area is 141 Å². The fourth-order valence-corrected chi connectivity index (χ4v) is 5.37. The highest BCUT2D eigenvalue weighted by Gasteiger charge is 2.64. The molecule has 2 aliphatic carbocycles. The monoisotopic (exact) mass is 317 g/mol. The molecule has 0 radical (unpaired) electrons. The van der Waals surface area contributed by atoms with Crippen LogP contribution in [0.15, 0.2) is 60.7 Å². The van der Waals surface area contributed by atoms with Crippen LogP contribution in [0.1, 0.15) is 24.3 Å². The second-order valence-corrected chi connectivity index (χ2v) is 7.31. The zero-order valence-electron chi connectivity index (χ0n) is 13.3. The summed E-state index contributed by atoms with van der Waals surface area (Å²) in [4.78, 5) is 27.5. The highest BCUT2D eigenvalue weighted by molar-refractivity contribution is 6.22. The Morgan fingerprint density at radius 2 is 1.38 bits per heavy atom. The zero-order chi connectivity index (χ0) is 16.3. The van der Waals surface area contributed by atoms with Gasteiger partial charge in [-0.2, -0.15) is 0 Å². The first-order valence-electron chi connectivity index (χ1n) is 8.73. The normalized spacial score (nSPS) is 34.0. The van der Waals surface area contributed by atoms with Crippen LogP contribution in [-0.2, 0) is 9.59 Å². The number of rotatable bonds is 2. The van der Waals surface area contributed by atoms with E-state index < -0.39 is 0 Å². The molecule has 5 unspecified atom stereocenters. The first kappa shape index (κ1) is 14.0. The van der Waals surface area contributed by atoms with Gasteiger partial charge >= 0.3 is 0 Å². The van der Waals surface area contributed by atoms with E-state index in [2.05, 4.69) is 24.3 Å². The van der Waals surface area contributed by atoms with E-state index >= 15 is 0 Å². The third-order valence-electron chi connectivity index (χ3n) is 6.26. The number of hydrogen-bond donors (Lipinski definition) is 0. The molecular weight excluding hydrogens is 298 g/mol. The van der Waals surface area contributed by atoms with E-state index in [9.17, 15) is 9.59 Å². The van der Waals surface area contributed by atoms with Gasteiger partial charge < -0.3 is 0 Å². The van der Waals surface area contributed by atoms with Crippen molar-refractivity contribution < 1.29 is 9.59 Å². The van der Waals surface area contributed by atoms with Crippen LogP contribution in [0.5, 0.6) is 0 Å². The summed E-state index contributed by atoms with van der Waals surface area (Å²) in [5.41, 5.74) is 2.04. The maximum absolute atomic E-state index is 13.1. The maximum Gasteiger partial charge on any atom is 0.237 e. The number of fused-ring (bicyclic) bond motifs is 5. The highest BCUT2D eigenvalue weighted by Crippen LogP contribution is 2.61. The number of amides is 2. The number of benzene rings is 2. The van der Waals surface area contributed by atoms with Gasteiger partial charge in [-0.1, -0.05) is 48.5 Å². The van der Waals surface area contributed by atoms with E-state index in [1.54, 1.807) is 0 Å². The van der Waals surface area contributed by atoms with Crippen LogP contribution in [0.2, 0.25) is 0 Å². The number of anilines is 1. The minimum Gasteiger partial charge on any atom is -0.274 e. The molecular formula is C21H19NO2. The van der Waals surface area contributed by atoms with Crippen LogP contribution in [-0.4, -0.2) is 11.8 Å². The third kappa shape index (κ3) is 1.78. The van der Waals surface area contributed by atoms with E-state index in [1.807, 2.05) is 36.4 Å². The number of nitrogens with zero attached hydrogens (tertiary/aromatic N) is 1. The van der Waals surface area contributed by atoms with Crippen molar-refractivity contribution in [2.75, 3.05) is 4.90 Å². The van der Waals surface area contributed by atoms with Crippen LogP contribution in [0.3, 0.4) is 0 Å². The Morgan fingerprint density at radius 3 is 2.08 bits per heavy atom. The predicted molar refractivity (Wildman–Crippen MR) is 91.3 cm³/mol. The molecule has 24 heavy (non-hydrogen) atoms. The lowest BCUT2D eigenvalue weighted by Crippen LogP contribution is -2.32. The van der Waals surface area contributed by atoms with E-state index in [4.69, 9.17) is 0 Å². The summed E-state index contributed by atoms with van der Waals surface area (Å²) in [5.74, 6) is 0.914. The van der Waals surface area contributed by atoms with Crippen LogP contribution >= 0.6 is 0 Å². The Bertz CT molecular complexity index is 801. The first-order valence-corrected chi connectivity index (χ1v) is 8.73. The van der Waals surface area contributed by atoms with Gasteiger partial charge in [-0.3, -0.25) is 14.5 Å². The van der Waals surface area contributed by atoms with Gasteiger partial charge in [-0.15, -0.1) is 0 Å². The summed E-state index contributed by atoms with van der Waals surface area (Å²) >= 11 is 0. The second kappa shape index (κ2) is 5.04. The molecule has 0 aromatic heterocycles. The van der Waals surface area contributed by atoms with E-state index in [-0.39, 0.29) is 23.7 Å². The minimum absolute atomic E-state index is 0.0179. The molecule has 120 valence electrons. The topological polar surface area (TPSA) is 37.4 Å². The Balaban J connectivity index is 1.50. The van der Waals surface area contributed by atoms with Crippen LogP contribution in [0.4, 0.5) is 5.69 Å². The van der Waals surface area contributed by atoms with Gasteiger partial charge in [0.25, 0.3) is 0 Å². The van der Waals surface area contributed by atoms with Gasteiger partial charge in [0.15, 0.2) is 0 Å². The summed E-state index contributed by atoms with van der Waals surface area (Å²) in [6.07, 6.45) is 2.06. The molecule has 3 fully saturated rings. The van der Waals surface area contributed by atoms with Crippen molar-refractivity contribution in [3.8, 4) is 0 Å². The van der Waals surface area contributed by atoms with Crippen LogP contribution < -0.4 is 4.90 Å². The predicted octanol–water partition coefficient (Wildman–Crippen LogP) is 3.62. The van der Waals surface area contributed by atoms with Gasteiger partial charge in [0, 0.05) is 0 Å². The highest BCUT2D eigenvalue weighted by atomic mass is 16.2. The quantitative estimate of drug-likeness (QED) is 0.793. The lowest BCUT2D eigenvalue weighted by atomic mass is 9.73. The van der Waals surface area contributed by atoms with E-state index in [1.165, 1.54) is 10.5 Å². The van der Waals surface area contributed by atoms with Crippen molar-refractivity contribution in [2.24, 2.45) is 23.7 Å². The lowest BCUT2D eigenvalue weighted by Gasteiger charge is -2.28. The average Bonchev–Trinajstić information content (AvgIpc) is 3.28. The molecule has 3 heteroatoms. The molecule has 0 spiro atoms. The molecule has 5 atom stereocenters. The van der Waals surface area contributed by atoms with Gasteiger partial charge in [0.05, 0.1) is 17.5 Å². The Morgan fingerprint density at radius 1 is 0.750 bits per heavy atom. The molecule has 5 rings (SSSR count). The molecule has 2 bridgehead atoms. The van der Waals surface area contributed by atoms with E-state index in [0.29, 0.717) is 17.8 Å². The molecule has 0 N–H and O–H groups in total. The van der Waals surface area contributed by atoms with Crippen molar-refractivity contribution in [1.29, 1.82) is 0 Å². The molecule has 1 aliphatic heterocycles. The average molecular weight is 317 g/mol. The largest absolute Gasteiger partial charge is 0.274 e. The number of imide groups is 1. The number of para-hydroxylation sites is 1. The van der Waals surface area contributed by atoms with Gasteiger partial charge in [-0.25, -0.2) is 0 Å². The zero-order valence-corrected chi connectivity index (χ0v) is 13.3. The number of carbonyl (C=O) groups is 2. The SMILES string of the molecule is O=C1C2C3CC(c4ccccc4)C(C3)C2C(=O)N1c1ccccc1. The van der Waals surface area contributed by atoms with Crippen molar-refractivity contribution in [1.82, 2.24) is 0 Å². The van der Waals surface area contributed by atoms with Crippen LogP contribution in [0.25, 0.3) is 0 Å². The number of hydrogen-bond acceptors (Lipinski definition) is 2. The molecule has 3 nitrogen and oxygen atoms in total. The summed E-state index contributed by atoms with van der Waals surface area (Å²) in [6.45, 7) is 0. The van der Waals surface area contributed by atoms with E-state index in [0.717, 1.165) is 18.5 Å². The minimum atomic E-state index is -0.123. The third-order valence-corrected chi connectivity index (χ3v) is 6.26. The molecule has 1 heterocycles. The van der Waals surface area contributed by atoms with Crippen molar-refractivity contribution in [3.63, 3.8) is 0 Å². The first-order chi connectivity index (χ1) is 11.8. The van der Waals surface area contributed by atoms with Crippen molar-refractivity contribution in [2.45, 2.75) is 18.8 Å². The van der Waals surface area contributed by atoms with Crippen molar-refractivity contribution >= 4 is 17.5 Å². The Kier molecular flexibility index (Phi) is 2.93. The summed E-state index contributed by atoms with van der Waals surface area (Å²) in [7, 11) is 0. The summed E-state index contributed by atoms with van der Waals surface area (Å²) in [5, 5.41) is 0.